The van der Waals surface area contributed by atoms with Crippen LogP contribution in [0.2, 0.25) is 5.02 Å². The molecule has 0 bridgehead atoms. The van der Waals surface area contributed by atoms with E-state index < -0.39 is 0 Å². The Morgan fingerprint density at radius 1 is 1.39 bits per heavy atom. The van der Waals surface area contributed by atoms with Gasteiger partial charge in [-0.25, -0.2) is 0 Å². The van der Waals surface area contributed by atoms with Crippen molar-refractivity contribution < 1.29 is 4.74 Å². The molecule has 18 heavy (non-hydrogen) atoms. The summed E-state index contributed by atoms with van der Waals surface area (Å²) in [6, 6.07) is 5.90. The largest absolute Gasteiger partial charge is 0.383 e. The van der Waals surface area contributed by atoms with Crippen LogP contribution >= 0.6 is 27.5 Å². The number of nitrogens with one attached hydrogen (secondary N) is 1. The molecule has 0 spiro atoms. The van der Waals surface area contributed by atoms with Crippen molar-refractivity contribution in [1.82, 2.24) is 10.2 Å². The minimum Gasteiger partial charge on any atom is -0.383 e. The molecule has 0 radical (unpaired) electrons. The Morgan fingerprint density at radius 3 is 2.89 bits per heavy atom. The van der Waals surface area contributed by atoms with Crippen molar-refractivity contribution in [2.75, 3.05) is 40.4 Å². The van der Waals surface area contributed by atoms with E-state index in [-0.39, 0.29) is 0 Å². The van der Waals surface area contributed by atoms with Crippen molar-refractivity contribution >= 4 is 27.5 Å². The van der Waals surface area contributed by atoms with Crippen LogP contribution in [0.5, 0.6) is 0 Å². The van der Waals surface area contributed by atoms with E-state index in [2.05, 4.69) is 33.2 Å². The van der Waals surface area contributed by atoms with Crippen molar-refractivity contribution in [3.05, 3.63) is 33.3 Å². The normalized spacial score (nSPS) is 11.2. The highest BCUT2D eigenvalue weighted by Crippen LogP contribution is 2.20. The molecule has 1 rings (SSSR count). The standard InChI is InChI=1S/C13H20BrClN2O/c1-17(7-8-18-2)6-5-16-10-11-9-12(14)3-4-13(11)15/h3-4,9,16H,5-8,10H2,1-2H3. The van der Waals surface area contributed by atoms with Crippen molar-refractivity contribution in [1.29, 1.82) is 0 Å². The highest BCUT2D eigenvalue weighted by atomic mass is 79.9. The second-order valence-corrected chi connectivity index (χ2v) is 5.53. The molecular formula is C13H20BrClN2O. The van der Waals surface area contributed by atoms with Crippen molar-refractivity contribution in [3.8, 4) is 0 Å². The van der Waals surface area contributed by atoms with Crippen LogP contribution in [0.15, 0.2) is 22.7 Å². The van der Waals surface area contributed by atoms with E-state index in [4.69, 9.17) is 16.3 Å². The zero-order valence-electron chi connectivity index (χ0n) is 10.9. The molecule has 0 aromatic heterocycles. The highest BCUT2D eigenvalue weighted by Gasteiger charge is 2.01. The lowest BCUT2D eigenvalue weighted by Crippen LogP contribution is -2.31. The van der Waals surface area contributed by atoms with Gasteiger partial charge in [0, 0.05) is 42.8 Å². The number of hydrogen-bond donors (Lipinski definition) is 1. The quantitative estimate of drug-likeness (QED) is 0.739. The molecule has 0 saturated heterocycles. The summed E-state index contributed by atoms with van der Waals surface area (Å²) in [7, 11) is 3.81. The Kier molecular flexibility index (Phi) is 7.86. The van der Waals surface area contributed by atoms with E-state index in [1.54, 1.807) is 7.11 Å². The highest BCUT2D eigenvalue weighted by molar-refractivity contribution is 9.10. The summed E-state index contributed by atoms with van der Waals surface area (Å²) in [6.07, 6.45) is 0. The van der Waals surface area contributed by atoms with E-state index in [1.807, 2.05) is 18.2 Å². The summed E-state index contributed by atoms with van der Waals surface area (Å²) in [4.78, 5) is 2.24. The molecule has 0 saturated carbocycles. The summed E-state index contributed by atoms with van der Waals surface area (Å²) < 4.78 is 6.09. The van der Waals surface area contributed by atoms with Crippen molar-refractivity contribution in [3.63, 3.8) is 0 Å². The first-order chi connectivity index (χ1) is 8.63. The summed E-state index contributed by atoms with van der Waals surface area (Å²) >= 11 is 9.57. The first kappa shape index (κ1) is 15.9. The summed E-state index contributed by atoms with van der Waals surface area (Å²) in [5.74, 6) is 0. The lowest BCUT2D eigenvalue weighted by atomic mass is 10.2. The van der Waals surface area contributed by atoms with Gasteiger partial charge in [0.2, 0.25) is 0 Å². The number of halogens is 2. The molecule has 1 aromatic rings. The van der Waals surface area contributed by atoms with Gasteiger partial charge in [0.25, 0.3) is 0 Å². The smallest absolute Gasteiger partial charge is 0.0589 e. The first-order valence-corrected chi connectivity index (χ1v) is 7.12. The summed E-state index contributed by atoms with van der Waals surface area (Å²) in [6.45, 7) is 4.44. The van der Waals surface area contributed by atoms with Gasteiger partial charge in [0.1, 0.15) is 0 Å². The Morgan fingerprint density at radius 2 is 2.17 bits per heavy atom. The minimum absolute atomic E-state index is 0.772. The van der Waals surface area contributed by atoms with Gasteiger partial charge >= 0.3 is 0 Å². The predicted molar refractivity (Wildman–Crippen MR) is 80.2 cm³/mol. The Labute approximate surface area is 123 Å². The number of benzene rings is 1. The first-order valence-electron chi connectivity index (χ1n) is 5.95. The molecule has 1 aromatic carbocycles. The summed E-state index contributed by atoms with van der Waals surface area (Å²) in [5, 5.41) is 4.19. The van der Waals surface area contributed by atoms with Crippen LogP contribution in [0.25, 0.3) is 0 Å². The topological polar surface area (TPSA) is 24.5 Å². The van der Waals surface area contributed by atoms with Crippen LogP contribution < -0.4 is 5.32 Å². The maximum Gasteiger partial charge on any atom is 0.0589 e. The minimum atomic E-state index is 0.772. The van der Waals surface area contributed by atoms with Crippen LogP contribution in [0, 0.1) is 0 Å². The maximum absolute atomic E-state index is 6.12. The number of likely N-dealkylation sites (N-methyl/N-ethyl adjacent to an activating group) is 1. The van der Waals surface area contributed by atoms with Gasteiger partial charge in [-0.2, -0.15) is 0 Å². The molecule has 3 nitrogen and oxygen atoms in total. The van der Waals surface area contributed by atoms with Crippen molar-refractivity contribution in [2.45, 2.75) is 6.54 Å². The summed E-state index contributed by atoms with van der Waals surface area (Å²) in [5.41, 5.74) is 1.12. The van der Waals surface area contributed by atoms with Gasteiger partial charge in [-0.1, -0.05) is 27.5 Å². The molecule has 1 N–H and O–H groups in total. The fraction of sp³-hybridized carbons (Fsp3) is 0.538. The van der Waals surface area contributed by atoms with E-state index in [9.17, 15) is 0 Å². The van der Waals surface area contributed by atoms with Gasteiger partial charge in [-0.15, -0.1) is 0 Å². The third kappa shape index (κ3) is 6.16. The average Bonchev–Trinajstić information content (AvgIpc) is 2.36. The zero-order valence-corrected chi connectivity index (χ0v) is 13.2. The number of ether oxygens (including phenoxy) is 1. The lowest BCUT2D eigenvalue weighted by Gasteiger charge is -2.16. The van der Waals surface area contributed by atoms with Gasteiger partial charge in [0.15, 0.2) is 0 Å². The monoisotopic (exact) mass is 334 g/mol. The molecule has 0 unspecified atom stereocenters. The molecule has 5 heteroatoms. The third-order valence-electron chi connectivity index (χ3n) is 2.67. The van der Waals surface area contributed by atoms with Crippen LogP contribution in [-0.4, -0.2) is 45.3 Å². The Hall–Kier alpha value is -0.130. The SMILES string of the molecule is COCCN(C)CCNCc1cc(Br)ccc1Cl. The number of methoxy groups -OCH3 is 1. The van der Waals surface area contributed by atoms with Crippen LogP contribution in [0.4, 0.5) is 0 Å². The molecule has 102 valence electrons. The lowest BCUT2D eigenvalue weighted by molar-refractivity contribution is 0.161. The third-order valence-corrected chi connectivity index (χ3v) is 3.53. The fourth-order valence-electron chi connectivity index (χ4n) is 1.53. The second kappa shape index (κ2) is 8.88. The van der Waals surface area contributed by atoms with Gasteiger partial charge < -0.3 is 15.0 Å². The van der Waals surface area contributed by atoms with Crippen LogP contribution in [-0.2, 0) is 11.3 Å². The molecule has 0 amide bonds. The zero-order chi connectivity index (χ0) is 13.4. The van der Waals surface area contributed by atoms with Crippen LogP contribution in [0.3, 0.4) is 0 Å². The Bertz CT molecular complexity index is 363. The molecule has 0 aliphatic heterocycles. The fourth-order valence-corrected chi connectivity index (χ4v) is 2.12. The average molecular weight is 336 g/mol. The van der Waals surface area contributed by atoms with Gasteiger partial charge in [-0.3, -0.25) is 0 Å². The van der Waals surface area contributed by atoms with Crippen LogP contribution in [0.1, 0.15) is 5.56 Å². The molecule has 0 aliphatic rings. The van der Waals surface area contributed by atoms with E-state index in [1.165, 1.54) is 0 Å². The number of hydrogen-bond acceptors (Lipinski definition) is 3. The molecule has 0 aliphatic carbocycles. The number of nitrogens with zero attached hydrogens (tertiary/aromatic N) is 1. The molecule has 0 heterocycles. The molecule has 0 atom stereocenters. The van der Waals surface area contributed by atoms with Gasteiger partial charge in [-0.05, 0) is 30.8 Å². The van der Waals surface area contributed by atoms with Gasteiger partial charge in [0.05, 0.1) is 6.61 Å². The van der Waals surface area contributed by atoms with E-state index in [0.29, 0.717) is 0 Å². The predicted octanol–water partition coefficient (Wildman–Crippen LogP) is 2.77. The maximum atomic E-state index is 6.12. The number of rotatable bonds is 8. The van der Waals surface area contributed by atoms with E-state index in [0.717, 1.165) is 47.8 Å². The Balaban J connectivity index is 2.23. The molecule has 0 fully saturated rings. The molecular weight excluding hydrogens is 316 g/mol. The van der Waals surface area contributed by atoms with E-state index >= 15 is 0 Å². The second-order valence-electron chi connectivity index (χ2n) is 4.21. The van der Waals surface area contributed by atoms with Crippen molar-refractivity contribution in [2.24, 2.45) is 0 Å².